The molecule has 1 saturated heterocycles. The molecule has 0 radical (unpaired) electrons. The number of carbonyl (C=O) groups is 2. The summed E-state index contributed by atoms with van der Waals surface area (Å²) in [5, 5.41) is 17.2. The predicted molar refractivity (Wildman–Crippen MR) is 113 cm³/mol. The van der Waals surface area contributed by atoms with Gasteiger partial charge in [-0.05, 0) is 37.4 Å². The molecule has 158 valence electrons. The largest absolute Gasteiger partial charge is 0.493 e. The molecule has 29 heavy (non-hydrogen) atoms. The van der Waals surface area contributed by atoms with Gasteiger partial charge in [-0.2, -0.15) is 0 Å². The number of fused-ring (bicyclic) bond motifs is 1. The van der Waals surface area contributed by atoms with Crippen molar-refractivity contribution in [2.24, 2.45) is 0 Å². The Morgan fingerprint density at radius 1 is 0.897 bits per heavy atom. The minimum Gasteiger partial charge on any atom is -0.493 e. The lowest BCUT2D eigenvalue weighted by molar-refractivity contribution is -0.159. The summed E-state index contributed by atoms with van der Waals surface area (Å²) in [5.74, 6) is -2.63. The van der Waals surface area contributed by atoms with Gasteiger partial charge in [0, 0.05) is 31.6 Å². The lowest BCUT2D eigenvalue weighted by atomic mass is 10.1. The molecule has 3 rings (SSSR count). The van der Waals surface area contributed by atoms with Gasteiger partial charge in [0.15, 0.2) is 0 Å². The number of hydrogen-bond acceptors (Lipinski definition) is 5. The number of unbranched alkanes of at least 4 members (excludes halogenated alkanes) is 1. The topological polar surface area (TPSA) is 90.3 Å². The second-order valence-electron chi connectivity index (χ2n) is 6.92. The zero-order valence-electron chi connectivity index (χ0n) is 16.9. The first-order valence-electron chi connectivity index (χ1n) is 10.0. The zero-order chi connectivity index (χ0) is 21.1. The number of ether oxygens (including phenoxy) is 1. The summed E-state index contributed by atoms with van der Waals surface area (Å²) in [6, 6.07) is 14.7. The molecule has 7 heteroatoms. The highest BCUT2D eigenvalue weighted by molar-refractivity contribution is 6.27. The maximum Gasteiger partial charge on any atom is 0.414 e. The van der Waals surface area contributed by atoms with Crippen molar-refractivity contribution in [2.45, 2.75) is 19.8 Å². The van der Waals surface area contributed by atoms with Crippen LogP contribution in [-0.4, -0.2) is 77.8 Å². The molecule has 1 aliphatic heterocycles. The van der Waals surface area contributed by atoms with E-state index in [2.05, 4.69) is 59.2 Å². The average Bonchev–Trinajstić information content (AvgIpc) is 2.74. The number of carboxylic acids is 2. The Bertz CT molecular complexity index is 770. The van der Waals surface area contributed by atoms with Crippen molar-refractivity contribution in [1.29, 1.82) is 0 Å². The number of piperazine rings is 1. The molecular formula is C22H30N2O5. The van der Waals surface area contributed by atoms with Crippen LogP contribution in [0.2, 0.25) is 0 Å². The first-order valence-corrected chi connectivity index (χ1v) is 10.0. The number of benzene rings is 2. The summed E-state index contributed by atoms with van der Waals surface area (Å²) >= 11 is 0. The Morgan fingerprint density at radius 2 is 1.52 bits per heavy atom. The van der Waals surface area contributed by atoms with Gasteiger partial charge < -0.3 is 24.7 Å². The summed E-state index contributed by atoms with van der Waals surface area (Å²) < 4.78 is 6.02. The van der Waals surface area contributed by atoms with E-state index in [9.17, 15) is 0 Å². The molecule has 0 unspecified atom stereocenters. The van der Waals surface area contributed by atoms with Gasteiger partial charge in [0.25, 0.3) is 0 Å². The molecule has 1 fully saturated rings. The third-order valence-corrected chi connectivity index (χ3v) is 4.97. The molecule has 1 heterocycles. The van der Waals surface area contributed by atoms with Crippen LogP contribution in [-0.2, 0) is 9.59 Å². The summed E-state index contributed by atoms with van der Waals surface area (Å²) in [7, 11) is 0. The van der Waals surface area contributed by atoms with E-state index in [0.29, 0.717) is 0 Å². The number of likely N-dealkylation sites (N-methyl/N-ethyl adjacent to an activating group) is 1. The van der Waals surface area contributed by atoms with Crippen molar-refractivity contribution in [1.82, 2.24) is 9.80 Å². The Balaban J connectivity index is 0.000000438. The highest BCUT2D eigenvalue weighted by Gasteiger charge is 2.14. The van der Waals surface area contributed by atoms with E-state index in [1.165, 1.54) is 56.5 Å². The van der Waals surface area contributed by atoms with Crippen LogP contribution in [0.3, 0.4) is 0 Å². The number of aliphatic carboxylic acids is 2. The summed E-state index contributed by atoms with van der Waals surface area (Å²) in [6.45, 7) is 10.3. The highest BCUT2D eigenvalue weighted by atomic mass is 16.5. The minimum atomic E-state index is -1.82. The Kier molecular flexibility index (Phi) is 9.40. The minimum absolute atomic E-state index is 0.808. The number of hydrogen-bond donors (Lipinski definition) is 2. The molecule has 0 atom stereocenters. The van der Waals surface area contributed by atoms with Crippen LogP contribution < -0.4 is 4.74 Å². The molecule has 2 N–H and O–H groups in total. The van der Waals surface area contributed by atoms with E-state index in [1.54, 1.807) is 0 Å². The monoisotopic (exact) mass is 402 g/mol. The van der Waals surface area contributed by atoms with Crippen LogP contribution in [0.15, 0.2) is 42.5 Å². The normalized spacial score (nSPS) is 14.8. The van der Waals surface area contributed by atoms with Crippen LogP contribution in [0, 0.1) is 0 Å². The summed E-state index contributed by atoms with van der Waals surface area (Å²) in [4.78, 5) is 23.3. The average molecular weight is 402 g/mol. The lowest BCUT2D eigenvalue weighted by Crippen LogP contribution is -2.46. The van der Waals surface area contributed by atoms with E-state index < -0.39 is 11.9 Å². The van der Waals surface area contributed by atoms with Crippen LogP contribution in [0.25, 0.3) is 10.8 Å². The fourth-order valence-electron chi connectivity index (χ4n) is 3.27. The van der Waals surface area contributed by atoms with Gasteiger partial charge in [-0.15, -0.1) is 0 Å². The highest BCUT2D eigenvalue weighted by Crippen LogP contribution is 2.25. The fraction of sp³-hybridized carbons (Fsp3) is 0.455. The molecule has 7 nitrogen and oxygen atoms in total. The van der Waals surface area contributed by atoms with Crippen molar-refractivity contribution >= 4 is 22.7 Å². The van der Waals surface area contributed by atoms with Gasteiger partial charge in [-0.1, -0.05) is 43.3 Å². The summed E-state index contributed by atoms with van der Waals surface area (Å²) in [6.07, 6.45) is 2.34. The quantitative estimate of drug-likeness (QED) is 0.544. The second-order valence-corrected chi connectivity index (χ2v) is 6.92. The van der Waals surface area contributed by atoms with E-state index in [0.717, 1.165) is 18.8 Å². The van der Waals surface area contributed by atoms with E-state index in [4.69, 9.17) is 24.5 Å². The van der Waals surface area contributed by atoms with Gasteiger partial charge in [-0.25, -0.2) is 9.59 Å². The van der Waals surface area contributed by atoms with Crippen LogP contribution in [0.4, 0.5) is 0 Å². The fourth-order valence-corrected chi connectivity index (χ4v) is 3.27. The number of nitrogens with zero attached hydrogens (tertiary/aromatic N) is 2. The smallest absolute Gasteiger partial charge is 0.414 e. The molecule has 0 saturated carbocycles. The predicted octanol–water partition coefficient (Wildman–Crippen LogP) is 2.79. The van der Waals surface area contributed by atoms with E-state index >= 15 is 0 Å². The van der Waals surface area contributed by atoms with Gasteiger partial charge in [0.2, 0.25) is 0 Å². The number of rotatable bonds is 7. The first kappa shape index (κ1) is 22.6. The molecular weight excluding hydrogens is 372 g/mol. The Labute approximate surface area is 171 Å². The van der Waals surface area contributed by atoms with E-state index in [1.807, 2.05) is 0 Å². The zero-order valence-corrected chi connectivity index (χ0v) is 16.9. The molecule has 2 aromatic rings. The molecule has 0 bridgehead atoms. The first-order chi connectivity index (χ1) is 14.0. The molecule has 0 aliphatic carbocycles. The van der Waals surface area contributed by atoms with Crippen molar-refractivity contribution in [3.05, 3.63) is 42.5 Å². The van der Waals surface area contributed by atoms with Crippen molar-refractivity contribution in [2.75, 3.05) is 45.9 Å². The van der Waals surface area contributed by atoms with Crippen LogP contribution in [0.5, 0.6) is 5.75 Å². The molecule has 0 aromatic heterocycles. The standard InChI is InChI=1S/C20H28N2O.C2H2O4/c1-2-21-13-15-22(16-14-21)12-5-6-17-23-20-11-7-9-18-8-3-4-10-19(18)20;3-1(4)2(5)6/h3-4,7-11H,2,5-6,12-17H2,1H3;(H,3,4)(H,5,6). The van der Waals surface area contributed by atoms with Gasteiger partial charge in [0.05, 0.1) is 6.61 Å². The third kappa shape index (κ3) is 7.71. The lowest BCUT2D eigenvalue weighted by Gasteiger charge is -2.33. The molecule has 0 spiro atoms. The number of carboxylic acid groups (broad SMARTS) is 2. The third-order valence-electron chi connectivity index (χ3n) is 4.97. The maximum absolute atomic E-state index is 9.10. The van der Waals surface area contributed by atoms with E-state index in [-0.39, 0.29) is 0 Å². The van der Waals surface area contributed by atoms with Gasteiger partial charge >= 0.3 is 11.9 Å². The van der Waals surface area contributed by atoms with Crippen LogP contribution >= 0.6 is 0 Å². The Hall–Kier alpha value is -2.64. The van der Waals surface area contributed by atoms with Crippen molar-refractivity contribution in [3.63, 3.8) is 0 Å². The SMILES string of the molecule is CCN1CCN(CCCCOc2cccc3ccccc23)CC1.O=C(O)C(=O)O. The summed E-state index contributed by atoms with van der Waals surface area (Å²) in [5.41, 5.74) is 0. The van der Waals surface area contributed by atoms with Gasteiger partial charge in [-0.3, -0.25) is 0 Å². The maximum atomic E-state index is 9.10. The molecule has 2 aromatic carbocycles. The second kappa shape index (κ2) is 12.0. The molecule has 1 aliphatic rings. The van der Waals surface area contributed by atoms with Crippen molar-refractivity contribution < 1.29 is 24.5 Å². The van der Waals surface area contributed by atoms with Crippen molar-refractivity contribution in [3.8, 4) is 5.75 Å². The Morgan fingerprint density at radius 3 is 2.17 bits per heavy atom. The van der Waals surface area contributed by atoms with Gasteiger partial charge in [0.1, 0.15) is 5.75 Å². The molecule has 0 amide bonds. The van der Waals surface area contributed by atoms with Crippen LogP contribution in [0.1, 0.15) is 19.8 Å².